The summed E-state index contributed by atoms with van der Waals surface area (Å²) in [6.07, 6.45) is -0.528. The number of carbonyl (C=O) groups is 2. The van der Waals surface area contributed by atoms with Crippen LogP contribution >= 0.6 is 27.7 Å². The lowest BCUT2D eigenvalue weighted by Crippen LogP contribution is -2.63. The van der Waals surface area contributed by atoms with Crippen molar-refractivity contribution in [2.45, 2.75) is 17.4 Å². The highest BCUT2D eigenvalue weighted by Gasteiger charge is 2.47. The van der Waals surface area contributed by atoms with Crippen LogP contribution in [0.1, 0.15) is 0 Å². The third-order valence-electron chi connectivity index (χ3n) is 4.31. The normalized spacial score (nSPS) is 21.9. The first-order valence-electron chi connectivity index (χ1n) is 8.10. The zero-order valence-electron chi connectivity index (χ0n) is 14.2. The number of likely N-dealkylation sites (N-methyl/N-ethyl adjacent to an activating group) is 1. The van der Waals surface area contributed by atoms with Crippen LogP contribution in [0.25, 0.3) is 5.69 Å². The van der Waals surface area contributed by atoms with Crippen LogP contribution in [0.4, 0.5) is 4.79 Å². The first-order valence-corrected chi connectivity index (χ1v) is 9.88. The van der Waals surface area contributed by atoms with E-state index >= 15 is 0 Å². The molecule has 0 aliphatic carbocycles. The van der Waals surface area contributed by atoms with E-state index in [1.807, 2.05) is 35.2 Å². The molecule has 140 valence electrons. The number of carbonyl (C=O) groups excluding carboxylic acids is 2. The molecule has 0 radical (unpaired) electrons. The van der Waals surface area contributed by atoms with Crippen LogP contribution in [0.5, 0.6) is 0 Å². The molecular weight excluding hydrogens is 436 g/mol. The Morgan fingerprint density at radius 1 is 1.26 bits per heavy atom. The first-order chi connectivity index (χ1) is 13.1. The van der Waals surface area contributed by atoms with Gasteiger partial charge in [0.05, 0.1) is 5.69 Å². The average Bonchev–Trinajstić information content (AvgIpc) is 3.26. The first kappa shape index (κ1) is 17.9. The molecule has 0 bridgehead atoms. The maximum absolute atomic E-state index is 12.3. The summed E-state index contributed by atoms with van der Waals surface area (Å²) in [6, 6.07) is 8.63. The second-order valence-corrected chi connectivity index (χ2v) is 7.68. The molecule has 3 heterocycles. The quantitative estimate of drug-likeness (QED) is 0.527. The average molecular weight is 451 g/mol. The summed E-state index contributed by atoms with van der Waals surface area (Å²) in [7, 11) is 1.62. The predicted molar refractivity (Wildman–Crippen MR) is 102 cm³/mol. The molecule has 1 N–H and O–H groups in total. The van der Waals surface area contributed by atoms with E-state index < -0.39 is 18.2 Å². The van der Waals surface area contributed by atoms with Gasteiger partial charge in [-0.25, -0.2) is 9.79 Å². The van der Waals surface area contributed by atoms with E-state index in [-0.39, 0.29) is 5.91 Å². The number of nitrogens with one attached hydrogen (secondary N) is 1. The molecule has 2 aromatic rings. The molecule has 1 aromatic heterocycles. The van der Waals surface area contributed by atoms with Crippen LogP contribution in [0, 0.1) is 0 Å². The molecule has 2 aliphatic heterocycles. The van der Waals surface area contributed by atoms with Gasteiger partial charge in [-0.2, -0.15) is 4.68 Å². The predicted octanol–water partition coefficient (Wildman–Crippen LogP) is 0.697. The Kier molecular flexibility index (Phi) is 4.83. The van der Waals surface area contributed by atoms with Crippen molar-refractivity contribution >= 4 is 44.4 Å². The van der Waals surface area contributed by atoms with Crippen LogP contribution in [0.15, 0.2) is 40.5 Å². The summed E-state index contributed by atoms with van der Waals surface area (Å²) in [4.78, 5) is 31.7. The number of tetrazole rings is 1. The smallest absolute Gasteiger partial charge is 0.325 e. The molecule has 1 fully saturated rings. The zero-order valence-corrected chi connectivity index (χ0v) is 16.6. The van der Waals surface area contributed by atoms with Crippen molar-refractivity contribution in [3.05, 3.63) is 30.3 Å². The molecule has 2 atom stereocenters. The number of halogens is 1. The van der Waals surface area contributed by atoms with Crippen molar-refractivity contribution in [3.63, 3.8) is 0 Å². The lowest BCUT2D eigenvalue weighted by Gasteiger charge is -2.35. The molecule has 27 heavy (non-hydrogen) atoms. The van der Waals surface area contributed by atoms with Crippen LogP contribution in [-0.2, 0) is 4.79 Å². The summed E-state index contributed by atoms with van der Waals surface area (Å²) in [5.41, 5.74) is 0.876. The number of amides is 3. The van der Waals surface area contributed by atoms with Gasteiger partial charge in [-0.1, -0.05) is 30.0 Å². The monoisotopic (exact) mass is 450 g/mol. The zero-order chi connectivity index (χ0) is 19.0. The largest absolute Gasteiger partial charge is 0.334 e. The number of imide groups is 1. The van der Waals surface area contributed by atoms with Gasteiger partial charge in [-0.15, -0.1) is 5.10 Å². The fraction of sp³-hybridized carbons (Fsp3) is 0.333. The van der Waals surface area contributed by atoms with E-state index in [0.29, 0.717) is 22.2 Å². The molecular formula is C15H15BrN8O2S. The van der Waals surface area contributed by atoms with Crippen LogP contribution < -0.4 is 5.32 Å². The Labute approximate surface area is 167 Å². The Balaban J connectivity index is 1.43. The topological polar surface area (TPSA) is 109 Å². The molecule has 0 saturated carbocycles. The number of amidine groups is 1. The molecule has 0 spiro atoms. The number of hydrogen-bond acceptors (Lipinski definition) is 8. The van der Waals surface area contributed by atoms with Crippen LogP contribution in [0.2, 0.25) is 0 Å². The van der Waals surface area contributed by atoms with Crippen molar-refractivity contribution in [1.82, 2.24) is 35.3 Å². The van der Waals surface area contributed by atoms with Gasteiger partial charge in [0, 0.05) is 19.3 Å². The highest BCUT2D eigenvalue weighted by Crippen LogP contribution is 2.27. The Morgan fingerprint density at radius 3 is 2.81 bits per heavy atom. The van der Waals surface area contributed by atoms with Gasteiger partial charge in [0.1, 0.15) is 0 Å². The maximum Gasteiger partial charge on any atom is 0.325 e. The summed E-state index contributed by atoms with van der Waals surface area (Å²) in [6.45, 7) is 0.535. The second-order valence-electron chi connectivity index (χ2n) is 5.91. The number of urea groups is 1. The molecule has 4 rings (SSSR count). The Bertz CT molecular complexity index is 904. The fourth-order valence-corrected chi connectivity index (χ4v) is 4.40. The van der Waals surface area contributed by atoms with Gasteiger partial charge in [0.25, 0.3) is 5.91 Å². The highest BCUT2D eigenvalue weighted by atomic mass is 79.9. The molecule has 12 heteroatoms. The number of aromatic nitrogens is 4. The minimum Gasteiger partial charge on any atom is -0.334 e. The number of thioether (sulfide) groups is 1. The third kappa shape index (κ3) is 3.30. The van der Waals surface area contributed by atoms with Crippen molar-refractivity contribution in [2.75, 3.05) is 19.3 Å². The number of para-hydroxylation sites is 1. The molecule has 1 aromatic carbocycles. The van der Waals surface area contributed by atoms with Gasteiger partial charge in [-0.3, -0.25) is 10.1 Å². The second kappa shape index (κ2) is 7.27. The standard InChI is InChI=1S/C15H15BrN8O2S/c1-22-11-10(12(25)18-14(22)26)23(13(16)17-11)7-8-27-15-19-20-21-24(15)9-5-3-2-4-6-9/h2-6,10-11H,7-8H2,1H3,(H,18,25,26). The number of fused-ring (bicyclic) bond motifs is 1. The number of nitrogens with zero attached hydrogens (tertiary/aromatic N) is 7. The van der Waals surface area contributed by atoms with Gasteiger partial charge in [0.15, 0.2) is 17.0 Å². The van der Waals surface area contributed by atoms with Crippen molar-refractivity contribution in [3.8, 4) is 5.69 Å². The SMILES string of the molecule is CN1C(=O)NC(=O)C2C1N=C(Br)N2CCSc1nnnn1-c1ccccc1. The lowest BCUT2D eigenvalue weighted by atomic mass is 10.1. The summed E-state index contributed by atoms with van der Waals surface area (Å²) >= 11 is 4.88. The van der Waals surface area contributed by atoms with E-state index in [9.17, 15) is 9.59 Å². The Hall–Kier alpha value is -2.47. The molecule has 1 saturated heterocycles. The number of benzene rings is 1. The summed E-state index contributed by atoms with van der Waals surface area (Å²) < 4.78 is 2.22. The van der Waals surface area contributed by atoms with Crippen LogP contribution in [0.3, 0.4) is 0 Å². The van der Waals surface area contributed by atoms with Gasteiger partial charge in [0.2, 0.25) is 5.16 Å². The van der Waals surface area contributed by atoms with Crippen molar-refractivity contribution < 1.29 is 9.59 Å². The molecule has 2 aliphatic rings. The van der Waals surface area contributed by atoms with Gasteiger partial charge < -0.3 is 9.80 Å². The molecule has 10 nitrogen and oxygen atoms in total. The number of rotatable bonds is 5. The minimum absolute atomic E-state index is 0.347. The van der Waals surface area contributed by atoms with Crippen molar-refractivity contribution in [2.24, 2.45) is 4.99 Å². The van der Waals surface area contributed by atoms with E-state index in [1.165, 1.54) is 16.7 Å². The highest BCUT2D eigenvalue weighted by molar-refractivity contribution is 9.18. The minimum atomic E-state index is -0.548. The van der Waals surface area contributed by atoms with Crippen LogP contribution in [-0.4, -0.2) is 78.2 Å². The van der Waals surface area contributed by atoms with E-state index in [1.54, 1.807) is 11.7 Å². The summed E-state index contributed by atoms with van der Waals surface area (Å²) in [5.74, 6) is 0.284. The lowest BCUT2D eigenvalue weighted by molar-refractivity contribution is -0.126. The number of aliphatic imine (C=N–C) groups is 1. The molecule has 2 unspecified atom stereocenters. The van der Waals surface area contributed by atoms with E-state index in [0.717, 1.165) is 5.69 Å². The van der Waals surface area contributed by atoms with E-state index in [4.69, 9.17) is 0 Å². The van der Waals surface area contributed by atoms with Crippen molar-refractivity contribution in [1.29, 1.82) is 0 Å². The third-order valence-corrected chi connectivity index (χ3v) is 5.87. The number of hydrogen-bond donors (Lipinski definition) is 1. The molecule has 3 amide bonds. The summed E-state index contributed by atoms with van der Waals surface area (Å²) in [5, 5.41) is 14.9. The maximum atomic E-state index is 12.3. The van der Waals surface area contributed by atoms with Gasteiger partial charge >= 0.3 is 6.03 Å². The van der Waals surface area contributed by atoms with E-state index in [2.05, 4.69) is 41.8 Å². The Morgan fingerprint density at radius 2 is 2.04 bits per heavy atom. The van der Waals surface area contributed by atoms with Gasteiger partial charge in [-0.05, 0) is 38.5 Å². The fourth-order valence-electron chi connectivity index (χ4n) is 2.96.